The Kier molecular flexibility index (Phi) is 1.42. The predicted octanol–water partition coefficient (Wildman–Crippen LogP) is 0.668. The lowest BCUT2D eigenvalue weighted by Gasteiger charge is -1.57. The fourth-order valence-corrected chi connectivity index (χ4v) is 0. The molecule has 0 saturated carbocycles. The molecule has 28 valence electrons. The molecule has 0 aliphatic heterocycles. The number of hydrogen-bond donors (Lipinski definition) is 0. The average molecular weight is 74.1 g/mol. The molecule has 0 aromatic carbocycles. The Morgan fingerprint density at radius 3 is 2.20 bits per heavy atom. The van der Waals surface area contributed by atoms with E-state index in [0.29, 0.717) is 6.08 Å². The van der Waals surface area contributed by atoms with Crippen molar-refractivity contribution >= 4 is 6.04 Å². The summed E-state index contributed by atoms with van der Waals surface area (Å²) in [7, 11) is 0. The van der Waals surface area contributed by atoms with Crippen LogP contribution in [0.1, 0.15) is 0 Å². The number of carbonyl (C=O) groups excluding carboxylic acids is 1. The van der Waals surface area contributed by atoms with E-state index in [4.69, 9.17) is 4.79 Å². The molecular formula is C3H3FO. The van der Waals surface area contributed by atoms with Crippen LogP contribution >= 0.6 is 0 Å². The van der Waals surface area contributed by atoms with Gasteiger partial charge in [-0.3, -0.25) is 4.79 Å². The SMILES string of the molecule is C=CC(=O)F. The quantitative estimate of drug-likeness (QED) is 0.330. The standard InChI is InChI=1S/C3H3FO/c1-2-3(4)5/h2H,1H2. The molecule has 0 spiro atoms. The summed E-state index contributed by atoms with van der Waals surface area (Å²) in [5.74, 6) is 0. The van der Waals surface area contributed by atoms with Gasteiger partial charge in [-0.15, -0.1) is 0 Å². The lowest BCUT2D eigenvalue weighted by molar-refractivity contribution is -0.124. The van der Waals surface area contributed by atoms with Crippen LogP contribution in [0.25, 0.3) is 0 Å². The van der Waals surface area contributed by atoms with Crippen LogP contribution in [-0.4, -0.2) is 6.04 Å². The Morgan fingerprint density at radius 2 is 2.20 bits per heavy atom. The minimum Gasteiger partial charge on any atom is -0.256 e. The number of carbonyl (C=O) groups is 1. The van der Waals surface area contributed by atoms with Crippen LogP contribution in [0.3, 0.4) is 0 Å². The van der Waals surface area contributed by atoms with Crippen molar-refractivity contribution in [3.8, 4) is 0 Å². The van der Waals surface area contributed by atoms with E-state index in [-0.39, 0.29) is 0 Å². The van der Waals surface area contributed by atoms with Gasteiger partial charge in [-0.25, -0.2) is 0 Å². The van der Waals surface area contributed by atoms with Crippen molar-refractivity contribution in [2.24, 2.45) is 0 Å². The third-order valence-corrected chi connectivity index (χ3v) is 0.160. The fourth-order valence-electron chi connectivity index (χ4n) is 0. The van der Waals surface area contributed by atoms with Crippen molar-refractivity contribution in [3.05, 3.63) is 12.7 Å². The summed E-state index contributed by atoms with van der Waals surface area (Å²) in [6.07, 6.45) is 0.611. The van der Waals surface area contributed by atoms with Crippen LogP contribution in [0.15, 0.2) is 12.7 Å². The molecule has 0 aliphatic rings. The van der Waals surface area contributed by atoms with Gasteiger partial charge in [0.2, 0.25) is 0 Å². The predicted molar refractivity (Wildman–Crippen MR) is 16.3 cm³/mol. The summed E-state index contributed by atoms with van der Waals surface area (Å²) in [6.45, 7) is 2.84. The van der Waals surface area contributed by atoms with Crippen molar-refractivity contribution < 1.29 is 9.18 Å². The highest BCUT2D eigenvalue weighted by molar-refractivity contribution is 5.79. The first-order chi connectivity index (χ1) is 2.27. The third-order valence-electron chi connectivity index (χ3n) is 0.160. The summed E-state index contributed by atoms with van der Waals surface area (Å²) >= 11 is 0. The maximum atomic E-state index is 10.7. The highest BCUT2D eigenvalue weighted by atomic mass is 19.1. The molecule has 0 rings (SSSR count). The molecule has 5 heavy (non-hydrogen) atoms. The number of hydrogen-bond acceptors (Lipinski definition) is 1. The molecule has 0 amide bonds. The summed E-state index contributed by atoms with van der Waals surface area (Å²) in [4.78, 5) is 9.03. The van der Waals surface area contributed by atoms with Crippen LogP contribution in [0, 0.1) is 0 Å². The van der Waals surface area contributed by atoms with E-state index in [1.54, 1.807) is 0 Å². The van der Waals surface area contributed by atoms with Gasteiger partial charge < -0.3 is 0 Å². The molecule has 0 aliphatic carbocycles. The van der Waals surface area contributed by atoms with E-state index in [1.165, 1.54) is 0 Å². The van der Waals surface area contributed by atoms with Gasteiger partial charge in [-0.2, -0.15) is 4.39 Å². The van der Waals surface area contributed by atoms with Crippen molar-refractivity contribution in [3.63, 3.8) is 0 Å². The van der Waals surface area contributed by atoms with Gasteiger partial charge >= 0.3 is 6.04 Å². The Labute approximate surface area is 29.1 Å². The average Bonchev–Trinajstić information content (AvgIpc) is 1.38. The molecule has 0 unspecified atom stereocenters. The third kappa shape index (κ3) is 3.34. The maximum absolute atomic E-state index is 10.7. The Morgan fingerprint density at radius 1 is 2.00 bits per heavy atom. The summed E-state index contributed by atoms with van der Waals surface area (Å²) < 4.78 is 10.7. The topological polar surface area (TPSA) is 17.1 Å². The zero-order chi connectivity index (χ0) is 4.28. The molecule has 0 aromatic rings. The van der Waals surface area contributed by atoms with E-state index in [1.807, 2.05) is 0 Å². The van der Waals surface area contributed by atoms with Crippen LogP contribution in [-0.2, 0) is 4.79 Å². The van der Waals surface area contributed by atoms with Gasteiger partial charge in [0.25, 0.3) is 0 Å². The lowest BCUT2D eigenvalue weighted by atomic mass is 10.7. The Hall–Kier alpha value is -0.660. The molecule has 0 saturated heterocycles. The number of allylic oxidation sites excluding steroid dienone is 1. The van der Waals surface area contributed by atoms with Gasteiger partial charge in [0.15, 0.2) is 0 Å². The van der Waals surface area contributed by atoms with Crippen LogP contribution < -0.4 is 0 Å². The van der Waals surface area contributed by atoms with Crippen LogP contribution in [0.2, 0.25) is 0 Å². The first-order valence-corrected chi connectivity index (χ1v) is 1.09. The first kappa shape index (κ1) is 4.34. The normalized spacial score (nSPS) is 6.60. The van der Waals surface area contributed by atoms with Crippen molar-refractivity contribution in [1.82, 2.24) is 0 Å². The van der Waals surface area contributed by atoms with E-state index < -0.39 is 6.04 Å². The van der Waals surface area contributed by atoms with Crippen LogP contribution in [0.4, 0.5) is 4.39 Å². The number of rotatable bonds is 1. The van der Waals surface area contributed by atoms with Crippen molar-refractivity contribution in [2.45, 2.75) is 0 Å². The fraction of sp³-hybridized carbons (Fsp3) is 0. The van der Waals surface area contributed by atoms with Gasteiger partial charge in [0.05, 0.1) is 0 Å². The van der Waals surface area contributed by atoms with Crippen molar-refractivity contribution in [1.29, 1.82) is 0 Å². The molecule has 1 nitrogen and oxygen atoms in total. The molecule has 0 bridgehead atoms. The molecule has 0 atom stereocenters. The molecule has 2 heteroatoms. The summed E-state index contributed by atoms with van der Waals surface area (Å²) in [5, 5.41) is 0. The summed E-state index contributed by atoms with van der Waals surface area (Å²) in [6, 6.07) is -1.48. The minimum absolute atomic E-state index is 0.611. The van der Waals surface area contributed by atoms with E-state index in [2.05, 4.69) is 6.58 Å². The molecule has 0 heterocycles. The monoisotopic (exact) mass is 74.0 g/mol. The van der Waals surface area contributed by atoms with E-state index in [9.17, 15) is 4.39 Å². The second-order valence-electron chi connectivity index (χ2n) is 0.508. The number of halogens is 1. The molecular weight excluding hydrogens is 71.0 g/mol. The molecule has 0 fully saturated rings. The first-order valence-electron chi connectivity index (χ1n) is 1.09. The highest BCUT2D eigenvalue weighted by Crippen LogP contribution is 1.66. The molecule has 0 aromatic heterocycles. The van der Waals surface area contributed by atoms with Gasteiger partial charge in [-0.1, -0.05) is 6.58 Å². The zero-order valence-corrected chi connectivity index (χ0v) is 2.57. The second-order valence-corrected chi connectivity index (χ2v) is 0.508. The lowest BCUT2D eigenvalue weighted by Crippen LogP contribution is -1.70. The minimum atomic E-state index is -1.48. The summed E-state index contributed by atoms with van der Waals surface area (Å²) in [5.41, 5.74) is 0. The van der Waals surface area contributed by atoms with Gasteiger partial charge in [0.1, 0.15) is 0 Å². The van der Waals surface area contributed by atoms with Crippen molar-refractivity contribution in [2.75, 3.05) is 0 Å². The van der Waals surface area contributed by atoms with Gasteiger partial charge in [0, 0.05) is 6.08 Å². The maximum Gasteiger partial charge on any atom is 0.324 e. The molecule has 0 radical (unpaired) electrons. The Balaban J connectivity index is 3.20. The second kappa shape index (κ2) is 1.64. The largest absolute Gasteiger partial charge is 0.324 e. The van der Waals surface area contributed by atoms with E-state index in [0.717, 1.165) is 0 Å². The van der Waals surface area contributed by atoms with Crippen LogP contribution in [0.5, 0.6) is 0 Å². The smallest absolute Gasteiger partial charge is 0.256 e. The van der Waals surface area contributed by atoms with E-state index >= 15 is 0 Å². The molecule has 0 N–H and O–H groups in total. The van der Waals surface area contributed by atoms with Gasteiger partial charge in [-0.05, 0) is 0 Å². The highest BCUT2D eigenvalue weighted by Gasteiger charge is 1.77. The zero-order valence-electron chi connectivity index (χ0n) is 2.57. The Bertz CT molecular complexity index is 57.9.